The zero-order chi connectivity index (χ0) is 19.4. The Labute approximate surface area is 161 Å². The van der Waals surface area contributed by atoms with Gasteiger partial charge in [0.2, 0.25) is 0 Å². The third-order valence-electron chi connectivity index (χ3n) is 4.73. The molecule has 0 spiro atoms. The zero-order valence-electron chi connectivity index (χ0n) is 16.3. The van der Waals surface area contributed by atoms with Crippen LogP contribution in [0.1, 0.15) is 37.9 Å². The number of pyridine rings is 1. The summed E-state index contributed by atoms with van der Waals surface area (Å²) in [5.41, 5.74) is 6.36. The molecule has 0 saturated carbocycles. The number of hydrogen-bond acceptors (Lipinski definition) is 4. The van der Waals surface area contributed by atoms with E-state index in [0.717, 1.165) is 47.5 Å². The van der Waals surface area contributed by atoms with E-state index >= 15 is 0 Å². The van der Waals surface area contributed by atoms with Gasteiger partial charge in [0.15, 0.2) is 0 Å². The number of carbonyl (C=O) groups excluding carboxylic acids is 1. The summed E-state index contributed by atoms with van der Waals surface area (Å²) in [6.45, 7) is 11.3. The van der Waals surface area contributed by atoms with E-state index in [1.54, 1.807) is 0 Å². The Bertz CT molecular complexity index is 882. The maximum Gasteiger partial charge on any atom is 0.340 e. The quantitative estimate of drug-likeness (QED) is 0.668. The van der Waals surface area contributed by atoms with Gasteiger partial charge < -0.3 is 9.64 Å². The molecule has 27 heavy (non-hydrogen) atoms. The number of esters is 1. The van der Waals surface area contributed by atoms with Gasteiger partial charge in [-0.05, 0) is 49.6 Å². The molecule has 4 nitrogen and oxygen atoms in total. The van der Waals surface area contributed by atoms with E-state index in [0.29, 0.717) is 17.8 Å². The summed E-state index contributed by atoms with van der Waals surface area (Å²) in [6.07, 6.45) is 5.88. The van der Waals surface area contributed by atoms with Gasteiger partial charge >= 0.3 is 5.97 Å². The van der Waals surface area contributed by atoms with E-state index in [2.05, 4.69) is 47.7 Å². The fourth-order valence-electron chi connectivity index (χ4n) is 3.19. The number of aromatic nitrogens is 1. The number of nitrogens with zero attached hydrogens (tertiary/aromatic N) is 2. The smallest absolute Gasteiger partial charge is 0.340 e. The molecule has 3 rings (SSSR count). The molecule has 1 aromatic carbocycles. The molecule has 0 amide bonds. The summed E-state index contributed by atoms with van der Waals surface area (Å²) < 4.78 is 5.24. The van der Waals surface area contributed by atoms with Crippen LogP contribution in [0.25, 0.3) is 16.7 Å². The second-order valence-electron chi connectivity index (χ2n) is 6.71. The maximum atomic E-state index is 12.4. The Morgan fingerprint density at radius 3 is 2.63 bits per heavy atom. The average Bonchev–Trinajstić information content (AvgIpc) is 2.68. The van der Waals surface area contributed by atoms with Crippen LogP contribution in [-0.4, -0.2) is 24.1 Å². The molecule has 0 radical (unpaired) electrons. The first-order valence-corrected chi connectivity index (χ1v) is 9.47. The number of rotatable bonds is 6. The monoisotopic (exact) mass is 362 g/mol. The highest BCUT2D eigenvalue weighted by molar-refractivity contribution is 6.09. The summed E-state index contributed by atoms with van der Waals surface area (Å²) in [4.78, 5) is 19.0. The van der Waals surface area contributed by atoms with E-state index in [1.807, 2.05) is 32.3 Å². The van der Waals surface area contributed by atoms with Gasteiger partial charge in [0.25, 0.3) is 0 Å². The molecule has 1 aromatic heterocycles. The third kappa shape index (κ3) is 3.95. The Morgan fingerprint density at radius 1 is 1.19 bits per heavy atom. The third-order valence-corrected chi connectivity index (χ3v) is 4.73. The topological polar surface area (TPSA) is 42.4 Å². The number of ether oxygens (including phenoxy) is 1. The Hall–Kier alpha value is -2.88. The number of anilines is 1. The number of unbranched alkanes of at least 4 members (excludes halogenated alkanes) is 1. The predicted molar refractivity (Wildman–Crippen MR) is 110 cm³/mol. The van der Waals surface area contributed by atoms with Crippen LogP contribution in [0.15, 0.2) is 54.9 Å². The van der Waals surface area contributed by atoms with Crippen LogP contribution < -0.4 is 4.90 Å². The largest absolute Gasteiger partial charge is 0.462 e. The number of aryl methyl sites for hydroxylation is 1. The Kier molecular flexibility index (Phi) is 5.75. The van der Waals surface area contributed by atoms with E-state index in [4.69, 9.17) is 4.74 Å². The average molecular weight is 362 g/mol. The molecule has 0 aliphatic carbocycles. The Morgan fingerprint density at radius 2 is 1.96 bits per heavy atom. The lowest BCUT2D eigenvalue weighted by molar-refractivity contribution is -0.138. The second kappa shape index (κ2) is 8.21. The minimum atomic E-state index is -0.322. The summed E-state index contributed by atoms with van der Waals surface area (Å²) in [5.74, 6) is -0.322. The minimum Gasteiger partial charge on any atom is -0.462 e. The number of carbonyl (C=O) groups is 1. The molecule has 2 heterocycles. The lowest BCUT2D eigenvalue weighted by Gasteiger charge is -2.30. The van der Waals surface area contributed by atoms with Crippen molar-refractivity contribution in [2.24, 2.45) is 0 Å². The number of benzene rings is 1. The van der Waals surface area contributed by atoms with Crippen molar-refractivity contribution in [2.45, 2.75) is 33.6 Å². The highest BCUT2D eigenvalue weighted by Crippen LogP contribution is 2.39. The van der Waals surface area contributed by atoms with Crippen molar-refractivity contribution in [2.75, 3.05) is 18.1 Å². The highest BCUT2D eigenvalue weighted by Gasteiger charge is 2.26. The first-order chi connectivity index (χ1) is 13.0. The molecule has 0 unspecified atom stereocenters. The molecule has 0 N–H and O–H groups in total. The van der Waals surface area contributed by atoms with Gasteiger partial charge in [-0.1, -0.05) is 32.1 Å². The van der Waals surface area contributed by atoms with E-state index in [-0.39, 0.29) is 5.97 Å². The van der Waals surface area contributed by atoms with Crippen LogP contribution in [0, 0.1) is 6.92 Å². The van der Waals surface area contributed by atoms with E-state index in [1.165, 1.54) is 0 Å². The van der Waals surface area contributed by atoms with Crippen molar-refractivity contribution in [3.8, 4) is 11.1 Å². The fraction of sp³-hybridized carbons (Fsp3) is 0.304. The standard InChI is InChI=1S/C23H26N2O2/c1-5-7-12-25-15-21(23(26)27-6-2)17(4)20-13-18(10-11-22(20)25)19-9-8-16(3)24-14-19/h8-11,13-15H,4-7,12H2,1-3H3. The molecular formula is C23H26N2O2. The van der Waals surface area contributed by atoms with Crippen LogP contribution in [-0.2, 0) is 9.53 Å². The van der Waals surface area contributed by atoms with Crippen LogP contribution in [0.4, 0.5) is 5.69 Å². The van der Waals surface area contributed by atoms with Gasteiger partial charge in [0.05, 0.1) is 12.2 Å². The van der Waals surface area contributed by atoms with Gasteiger partial charge in [-0.25, -0.2) is 4.79 Å². The fourth-order valence-corrected chi connectivity index (χ4v) is 3.19. The zero-order valence-corrected chi connectivity index (χ0v) is 16.3. The van der Waals surface area contributed by atoms with Crippen molar-refractivity contribution >= 4 is 17.2 Å². The second-order valence-corrected chi connectivity index (χ2v) is 6.71. The lowest BCUT2D eigenvalue weighted by atomic mass is 9.91. The molecule has 0 saturated heterocycles. The predicted octanol–water partition coefficient (Wildman–Crippen LogP) is 5.14. The summed E-state index contributed by atoms with van der Waals surface area (Å²) in [7, 11) is 0. The summed E-state index contributed by atoms with van der Waals surface area (Å²) in [5, 5.41) is 0. The molecular weight excluding hydrogens is 336 g/mol. The Balaban J connectivity index is 2.04. The van der Waals surface area contributed by atoms with Gasteiger partial charge in [-0.15, -0.1) is 0 Å². The van der Waals surface area contributed by atoms with Crippen LogP contribution in [0.5, 0.6) is 0 Å². The van der Waals surface area contributed by atoms with Crippen molar-refractivity contribution in [1.82, 2.24) is 4.98 Å². The molecule has 0 fully saturated rings. The molecule has 140 valence electrons. The first-order valence-electron chi connectivity index (χ1n) is 9.47. The lowest BCUT2D eigenvalue weighted by Crippen LogP contribution is -2.25. The number of fused-ring (bicyclic) bond motifs is 1. The normalized spacial score (nSPS) is 13.2. The molecule has 0 atom stereocenters. The van der Waals surface area contributed by atoms with Crippen LogP contribution in [0.2, 0.25) is 0 Å². The van der Waals surface area contributed by atoms with Crippen LogP contribution in [0.3, 0.4) is 0 Å². The molecule has 2 aromatic rings. The molecule has 1 aliphatic heterocycles. The SMILES string of the molecule is C=C1C(C(=O)OCC)=CN(CCCC)c2ccc(-c3ccc(C)nc3)cc21. The molecule has 1 aliphatic rings. The van der Waals surface area contributed by atoms with E-state index in [9.17, 15) is 4.79 Å². The summed E-state index contributed by atoms with van der Waals surface area (Å²) >= 11 is 0. The van der Waals surface area contributed by atoms with Crippen molar-refractivity contribution in [3.05, 3.63) is 66.1 Å². The minimum absolute atomic E-state index is 0.322. The maximum absolute atomic E-state index is 12.4. The van der Waals surface area contributed by atoms with Gasteiger partial charge in [0.1, 0.15) is 0 Å². The molecule has 0 bridgehead atoms. The summed E-state index contributed by atoms with van der Waals surface area (Å²) in [6, 6.07) is 10.4. The van der Waals surface area contributed by atoms with Crippen molar-refractivity contribution in [3.63, 3.8) is 0 Å². The number of hydrogen-bond donors (Lipinski definition) is 0. The van der Waals surface area contributed by atoms with Gasteiger partial charge in [-0.3, -0.25) is 4.98 Å². The van der Waals surface area contributed by atoms with Crippen molar-refractivity contribution < 1.29 is 9.53 Å². The van der Waals surface area contributed by atoms with Crippen molar-refractivity contribution in [1.29, 1.82) is 0 Å². The van der Waals surface area contributed by atoms with Gasteiger partial charge in [0, 0.05) is 41.4 Å². The first kappa shape index (κ1) is 18.9. The van der Waals surface area contributed by atoms with Crippen LogP contribution >= 0.6 is 0 Å². The highest BCUT2D eigenvalue weighted by atomic mass is 16.5. The molecule has 4 heteroatoms. The van der Waals surface area contributed by atoms with E-state index < -0.39 is 0 Å². The van der Waals surface area contributed by atoms with Gasteiger partial charge in [-0.2, -0.15) is 0 Å².